The molecule has 4 heteroatoms. The van der Waals surface area contributed by atoms with E-state index in [9.17, 15) is 0 Å². The molecule has 0 radical (unpaired) electrons. The summed E-state index contributed by atoms with van der Waals surface area (Å²) in [6.07, 6.45) is 23.6. The number of aliphatic imine (C=N–C) groups is 1. The maximum Gasteiger partial charge on any atom is 0.0991 e. The molecule has 1 unspecified atom stereocenters. The fraction of sp³-hybridized carbons (Fsp3) is 0.650. The largest absolute Gasteiger partial charge is 0.372 e. The van der Waals surface area contributed by atoms with Crippen molar-refractivity contribution in [1.82, 2.24) is 10.2 Å². The van der Waals surface area contributed by atoms with Gasteiger partial charge in [-0.25, -0.2) is 0 Å². The molecular formula is C40H72N4. The van der Waals surface area contributed by atoms with Crippen LogP contribution in [0.5, 0.6) is 0 Å². The maximum absolute atomic E-state index is 8.85. The van der Waals surface area contributed by atoms with E-state index in [0.717, 1.165) is 69.6 Å². The van der Waals surface area contributed by atoms with E-state index in [-0.39, 0.29) is 0 Å². The van der Waals surface area contributed by atoms with Crippen molar-refractivity contribution in [3.05, 3.63) is 70.6 Å². The van der Waals surface area contributed by atoms with Crippen LogP contribution in [0.25, 0.3) is 0 Å². The van der Waals surface area contributed by atoms with Crippen molar-refractivity contribution in [3.8, 4) is 6.07 Å². The van der Waals surface area contributed by atoms with E-state index in [1.807, 2.05) is 44.4 Å². The van der Waals surface area contributed by atoms with Gasteiger partial charge in [-0.15, -0.1) is 0 Å². The van der Waals surface area contributed by atoms with Crippen LogP contribution < -0.4 is 5.32 Å². The summed E-state index contributed by atoms with van der Waals surface area (Å²) in [6.45, 7) is 32.3. The molecule has 1 aliphatic rings. The zero-order valence-electron chi connectivity index (χ0n) is 31.4. The molecule has 1 saturated heterocycles. The predicted octanol–water partition coefficient (Wildman–Crippen LogP) is 11.9. The summed E-state index contributed by atoms with van der Waals surface area (Å²) in [6, 6.07) is 2.18. The second-order valence-electron chi connectivity index (χ2n) is 10.9. The van der Waals surface area contributed by atoms with Crippen molar-refractivity contribution in [3.63, 3.8) is 0 Å². The van der Waals surface area contributed by atoms with Gasteiger partial charge in [0.25, 0.3) is 0 Å². The number of rotatable bonds is 14. The number of hydrogen-bond donors (Lipinski definition) is 1. The lowest BCUT2D eigenvalue weighted by Crippen LogP contribution is -2.43. The molecule has 44 heavy (non-hydrogen) atoms. The Morgan fingerprint density at radius 2 is 1.52 bits per heavy atom. The first-order valence-electron chi connectivity index (χ1n) is 17.7. The van der Waals surface area contributed by atoms with Gasteiger partial charge >= 0.3 is 0 Å². The third kappa shape index (κ3) is 22.8. The molecule has 252 valence electrons. The lowest BCUT2D eigenvalue weighted by atomic mass is 9.87. The zero-order valence-corrected chi connectivity index (χ0v) is 31.4. The molecule has 1 atom stereocenters. The second kappa shape index (κ2) is 33.3. The van der Waals surface area contributed by atoms with Crippen LogP contribution in [0, 0.1) is 17.2 Å². The molecule has 0 spiro atoms. The van der Waals surface area contributed by atoms with E-state index in [4.69, 9.17) is 10.3 Å². The number of nitriles is 1. The molecule has 0 amide bonds. The standard InChI is InChI=1S/C20H35N3.C13H19N.C5H12.C2H6/c1-7-10-11-22-17(5)20(19(9-3)16(4)8-2)18(6)23-14-12-21-13-15-23;1-4-6-7-9-13(11-14)10-12(3)8-5-2;1-3-5-4-2;1-2/h9-11,16,21H,7-8,12-15H2,1-6H3;6-7,9-10H,4-5,8H2,1-3H3;3-5H2,1-2H3;1-2H3/b11-10+,19-9-,20-18-,22-17+;7-6+,12-10+,13-9+;;. The normalized spacial score (nSPS) is 15.8. The van der Waals surface area contributed by atoms with Crippen LogP contribution in [0.4, 0.5) is 0 Å². The van der Waals surface area contributed by atoms with E-state index in [2.05, 4.69) is 105 Å². The number of hydrogen-bond acceptors (Lipinski definition) is 4. The first kappa shape index (κ1) is 45.8. The Hall–Kier alpha value is -2.64. The van der Waals surface area contributed by atoms with E-state index < -0.39 is 0 Å². The third-order valence-electron chi connectivity index (χ3n) is 7.20. The Bertz CT molecular complexity index is 942. The Morgan fingerprint density at radius 3 is 1.95 bits per heavy atom. The van der Waals surface area contributed by atoms with Gasteiger partial charge in [-0.1, -0.05) is 118 Å². The average molecular weight is 609 g/mol. The summed E-state index contributed by atoms with van der Waals surface area (Å²) >= 11 is 0. The first-order chi connectivity index (χ1) is 21.2. The Kier molecular flexibility index (Phi) is 34.6. The van der Waals surface area contributed by atoms with Crippen molar-refractivity contribution in [1.29, 1.82) is 5.26 Å². The summed E-state index contributed by atoms with van der Waals surface area (Å²) in [4.78, 5) is 7.21. The van der Waals surface area contributed by atoms with Gasteiger partial charge in [0.15, 0.2) is 0 Å². The van der Waals surface area contributed by atoms with Gasteiger partial charge in [-0.2, -0.15) is 5.26 Å². The van der Waals surface area contributed by atoms with Crippen LogP contribution in [0.15, 0.2) is 75.6 Å². The van der Waals surface area contributed by atoms with Crippen LogP contribution >= 0.6 is 0 Å². The Labute approximate surface area is 275 Å². The average Bonchev–Trinajstić information content (AvgIpc) is 3.05. The fourth-order valence-corrected chi connectivity index (χ4v) is 4.58. The maximum atomic E-state index is 8.85. The molecule has 0 aromatic rings. The molecule has 0 aromatic carbocycles. The highest BCUT2D eigenvalue weighted by Gasteiger charge is 2.20. The summed E-state index contributed by atoms with van der Waals surface area (Å²) in [5.41, 5.74) is 7.26. The molecular weight excluding hydrogens is 536 g/mol. The van der Waals surface area contributed by atoms with Gasteiger partial charge in [0.2, 0.25) is 0 Å². The minimum atomic E-state index is 0.549. The highest BCUT2D eigenvalue weighted by atomic mass is 15.2. The van der Waals surface area contributed by atoms with Crippen LogP contribution in [-0.2, 0) is 0 Å². The topological polar surface area (TPSA) is 51.4 Å². The van der Waals surface area contributed by atoms with E-state index in [0.29, 0.717) is 5.92 Å². The number of unbranched alkanes of at least 4 members (excludes halogenated alkanes) is 2. The van der Waals surface area contributed by atoms with E-state index >= 15 is 0 Å². The quantitative estimate of drug-likeness (QED) is 0.121. The number of nitrogens with zero attached hydrogens (tertiary/aromatic N) is 3. The lowest BCUT2D eigenvalue weighted by Gasteiger charge is -2.33. The molecule has 0 saturated carbocycles. The molecule has 0 bridgehead atoms. The Morgan fingerprint density at radius 1 is 0.932 bits per heavy atom. The Balaban J connectivity index is -0.000000679. The van der Waals surface area contributed by atoms with Gasteiger partial charge in [-0.05, 0) is 77.0 Å². The van der Waals surface area contributed by atoms with Crippen molar-refractivity contribution < 1.29 is 0 Å². The molecule has 1 aliphatic heterocycles. The first-order valence-corrected chi connectivity index (χ1v) is 17.7. The van der Waals surface area contributed by atoms with Crippen molar-refractivity contribution in [2.45, 2.75) is 141 Å². The molecule has 1 heterocycles. The highest BCUT2D eigenvalue weighted by molar-refractivity contribution is 6.03. The van der Waals surface area contributed by atoms with Gasteiger partial charge in [0, 0.05) is 49.4 Å². The number of nitrogens with one attached hydrogen (secondary N) is 1. The number of allylic oxidation sites excluding steroid dienone is 11. The summed E-state index contributed by atoms with van der Waals surface area (Å²) in [5.74, 6) is 0.549. The molecule has 0 aromatic heterocycles. The van der Waals surface area contributed by atoms with Crippen molar-refractivity contribution in [2.24, 2.45) is 10.9 Å². The van der Waals surface area contributed by atoms with Gasteiger partial charge in [0.1, 0.15) is 0 Å². The van der Waals surface area contributed by atoms with Gasteiger partial charge in [0.05, 0.1) is 11.6 Å². The minimum Gasteiger partial charge on any atom is -0.372 e. The summed E-state index contributed by atoms with van der Waals surface area (Å²) in [5, 5.41) is 12.3. The molecule has 0 aliphatic carbocycles. The van der Waals surface area contributed by atoms with Gasteiger partial charge < -0.3 is 10.2 Å². The van der Waals surface area contributed by atoms with Crippen LogP contribution in [0.2, 0.25) is 0 Å². The van der Waals surface area contributed by atoms with Crippen LogP contribution in [-0.4, -0.2) is 36.8 Å². The van der Waals surface area contributed by atoms with Crippen molar-refractivity contribution in [2.75, 3.05) is 26.2 Å². The zero-order chi connectivity index (χ0) is 34.2. The molecule has 1 fully saturated rings. The number of piperazine rings is 1. The summed E-state index contributed by atoms with van der Waals surface area (Å²) < 4.78 is 0. The molecule has 1 N–H and O–H groups in total. The van der Waals surface area contributed by atoms with Crippen LogP contribution in [0.3, 0.4) is 0 Å². The second-order valence-corrected chi connectivity index (χ2v) is 10.9. The predicted molar refractivity (Wildman–Crippen MR) is 201 cm³/mol. The minimum absolute atomic E-state index is 0.549. The van der Waals surface area contributed by atoms with Crippen molar-refractivity contribution >= 4 is 5.71 Å². The molecule has 4 nitrogen and oxygen atoms in total. The SMILES string of the molecule is CC.CC/C=C/C=C(C#N)\C=C(/C)CCC.CCCCC.C\C=C(C(/C(C)=N/C=C/CC)=C(/C)N1CCNCC1)\C(C)CC. The monoisotopic (exact) mass is 609 g/mol. The third-order valence-corrected chi connectivity index (χ3v) is 7.20. The van der Waals surface area contributed by atoms with E-state index in [1.165, 1.54) is 41.7 Å². The van der Waals surface area contributed by atoms with Gasteiger partial charge in [-0.3, -0.25) is 4.99 Å². The van der Waals surface area contributed by atoms with E-state index in [1.54, 1.807) is 0 Å². The van der Waals surface area contributed by atoms with Crippen LogP contribution in [0.1, 0.15) is 141 Å². The smallest absolute Gasteiger partial charge is 0.0991 e. The molecule has 1 rings (SSSR count). The lowest BCUT2D eigenvalue weighted by molar-refractivity contribution is 0.298. The summed E-state index contributed by atoms with van der Waals surface area (Å²) in [7, 11) is 0. The highest BCUT2D eigenvalue weighted by Crippen LogP contribution is 2.28. The fourth-order valence-electron chi connectivity index (χ4n) is 4.58.